The number of hydrogen-bond donors (Lipinski definition) is 1. The standard InChI is InChI=1S/C21H16F3N5O5/c22-21(23,24)14-4-1-12(2-5-14)19-25-17-11-27(8-7-16(17)20(30)26-19)10-13-3-6-15(28(31)32)9-18(13)29(33)34/h1-6,9H,7-8,10-11H2,(H,25,26,30). The van der Waals surface area contributed by atoms with E-state index >= 15 is 0 Å². The van der Waals surface area contributed by atoms with Gasteiger partial charge in [-0.05, 0) is 24.6 Å². The van der Waals surface area contributed by atoms with E-state index in [-0.39, 0.29) is 30.2 Å². The van der Waals surface area contributed by atoms with Gasteiger partial charge in [0.1, 0.15) is 5.82 Å². The number of rotatable bonds is 5. The monoisotopic (exact) mass is 475 g/mol. The summed E-state index contributed by atoms with van der Waals surface area (Å²) in [4.78, 5) is 42.3. The van der Waals surface area contributed by atoms with E-state index in [0.717, 1.165) is 18.2 Å². The first-order valence-corrected chi connectivity index (χ1v) is 9.96. The number of nitrogens with one attached hydrogen (secondary N) is 1. The lowest BCUT2D eigenvalue weighted by Gasteiger charge is -2.27. The maximum atomic E-state index is 12.8. The average Bonchev–Trinajstić information content (AvgIpc) is 2.78. The molecule has 176 valence electrons. The summed E-state index contributed by atoms with van der Waals surface area (Å²) in [5.41, 5.74) is -0.589. The largest absolute Gasteiger partial charge is 0.416 e. The van der Waals surface area contributed by atoms with E-state index in [9.17, 15) is 38.2 Å². The van der Waals surface area contributed by atoms with E-state index in [1.807, 2.05) is 0 Å². The zero-order chi connectivity index (χ0) is 24.6. The Bertz CT molecular complexity index is 1340. The Morgan fingerprint density at radius 1 is 1.06 bits per heavy atom. The first kappa shape index (κ1) is 23.0. The van der Waals surface area contributed by atoms with Crippen LogP contribution >= 0.6 is 0 Å². The van der Waals surface area contributed by atoms with Crippen LogP contribution in [0.3, 0.4) is 0 Å². The molecule has 1 aromatic heterocycles. The second-order valence-electron chi connectivity index (χ2n) is 7.70. The van der Waals surface area contributed by atoms with Crippen molar-refractivity contribution in [3.8, 4) is 11.4 Å². The lowest BCUT2D eigenvalue weighted by atomic mass is 10.0. The van der Waals surface area contributed by atoms with Gasteiger partial charge < -0.3 is 4.98 Å². The SMILES string of the molecule is O=c1[nH]c(-c2ccc(C(F)(F)F)cc2)nc2c1CCN(Cc1ccc([N+](=O)[O-])cc1[N+](=O)[O-])C2. The summed E-state index contributed by atoms with van der Waals surface area (Å²) >= 11 is 0. The molecule has 2 heterocycles. The summed E-state index contributed by atoms with van der Waals surface area (Å²) < 4.78 is 38.5. The van der Waals surface area contributed by atoms with Crippen LogP contribution in [0.2, 0.25) is 0 Å². The zero-order valence-electron chi connectivity index (χ0n) is 17.3. The van der Waals surface area contributed by atoms with Crippen LogP contribution < -0.4 is 5.56 Å². The number of H-pyrrole nitrogens is 1. The number of nitro benzene ring substituents is 2. The van der Waals surface area contributed by atoms with Gasteiger partial charge in [0.2, 0.25) is 0 Å². The summed E-state index contributed by atoms with van der Waals surface area (Å²) in [6.07, 6.45) is -4.18. The van der Waals surface area contributed by atoms with Gasteiger partial charge in [-0.1, -0.05) is 12.1 Å². The molecule has 1 aliphatic rings. The minimum atomic E-state index is -4.49. The molecule has 4 rings (SSSR count). The molecule has 0 saturated carbocycles. The molecule has 0 aliphatic carbocycles. The second kappa shape index (κ2) is 8.67. The van der Waals surface area contributed by atoms with Gasteiger partial charge in [-0.3, -0.25) is 29.9 Å². The topological polar surface area (TPSA) is 135 Å². The van der Waals surface area contributed by atoms with Crippen LogP contribution in [-0.2, 0) is 25.7 Å². The Hall–Kier alpha value is -4.13. The van der Waals surface area contributed by atoms with Crippen molar-refractivity contribution < 1.29 is 23.0 Å². The predicted octanol–water partition coefficient (Wildman–Crippen LogP) is 3.83. The molecule has 0 spiro atoms. The molecule has 2 aromatic carbocycles. The highest BCUT2D eigenvalue weighted by Gasteiger charge is 2.30. The Kier molecular flexibility index (Phi) is 5.87. The molecule has 34 heavy (non-hydrogen) atoms. The highest BCUT2D eigenvalue weighted by Crippen LogP contribution is 2.31. The third-order valence-corrected chi connectivity index (χ3v) is 5.51. The Morgan fingerprint density at radius 2 is 1.76 bits per heavy atom. The lowest BCUT2D eigenvalue weighted by Crippen LogP contribution is -2.35. The maximum Gasteiger partial charge on any atom is 0.416 e. The Labute approximate surface area is 189 Å². The van der Waals surface area contributed by atoms with Crippen molar-refractivity contribution in [3.63, 3.8) is 0 Å². The first-order chi connectivity index (χ1) is 16.0. The summed E-state index contributed by atoms with van der Waals surface area (Å²) in [6.45, 7) is 0.657. The third-order valence-electron chi connectivity index (χ3n) is 5.51. The number of non-ortho nitro benzene ring substituents is 1. The van der Waals surface area contributed by atoms with Crippen LogP contribution in [0.25, 0.3) is 11.4 Å². The van der Waals surface area contributed by atoms with Crippen molar-refractivity contribution in [2.24, 2.45) is 0 Å². The fourth-order valence-electron chi connectivity index (χ4n) is 3.79. The number of hydrogen-bond acceptors (Lipinski definition) is 7. The van der Waals surface area contributed by atoms with Gasteiger partial charge in [0.05, 0.1) is 27.2 Å². The highest BCUT2D eigenvalue weighted by atomic mass is 19.4. The average molecular weight is 475 g/mol. The van der Waals surface area contributed by atoms with E-state index in [1.54, 1.807) is 4.90 Å². The number of benzene rings is 2. The van der Waals surface area contributed by atoms with Crippen LogP contribution in [0.4, 0.5) is 24.5 Å². The van der Waals surface area contributed by atoms with Crippen LogP contribution in [0.1, 0.15) is 22.4 Å². The zero-order valence-corrected chi connectivity index (χ0v) is 17.3. The van der Waals surface area contributed by atoms with Gasteiger partial charge in [0, 0.05) is 42.4 Å². The van der Waals surface area contributed by atoms with Crippen LogP contribution in [-0.4, -0.2) is 31.3 Å². The quantitative estimate of drug-likeness (QED) is 0.438. The fraction of sp³-hybridized carbons (Fsp3) is 0.238. The highest BCUT2D eigenvalue weighted by molar-refractivity contribution is 5.56. The van der Waals surface area contributed by atoms with Gasteiger partial charge in [-0.2, -0.15) is 13.2 Å². The van der Waals surface area contributed by atoms with Gasteiger partial charge in [-0.25, -0.2) is 4.98 Å². The second-order valence-corrected chi connectivity index (χ2v) is 7.70. The molecule has 10 nitrogen and oxygen atoms in total. The van der Waals surface area contributed by atoms with Crippen molar-refractivity contribution in [2.75, 3.05) is 6.54 Å². The fourth-order valence-corrected chi connectivity index (χ4v) is 3.79. The summed E-state index contributed by atoms with van der Waals surface area (Å²) in [5, 5.41) is 22.3. The van der Waals surface area contributed by atoms with E-state index in [1.165, 1.54) is 24.3 Å². The number of nitrogens with zero attached hydrogens (tertiary/aromatic N) is 4. The Balaban J connectivity index is 1.60. The summed E-state index contributed by atoms with van der Waals surface area (Å²) in [7, 11) is 0. The van der Waals surface area contributed by atoms with Crippen molar-refractivity contribution in [3.05, 3.63) is 95.4 Å². The number of aromatic nitrogens is 2. The minimum Gasteiger partial charge on any atom is -0.306 e. The summed E-state index contributed by atoms with van der Waals surface area (Å²) in [6, 6.07) is 7.64. The van der Waals surface area contributed by atoms with Crippen LogP contribution in [0.5, 0.6) is 0 Å². The number of fused-ring (bicyclic) bond motifs is 1. The van der Waals surface area contributed by atoms with Crippen molar-refractivity contribution in [1.29, 1.82) is 0 Å². The van der Waals surface area contributed by atoms with Crippen LogP contribution in [0, 0.1) is 20.2 Å². The van der Waals surface area contributed by atoms with Gasteiger partial charge in [-0.15, -0.1) is 0 Å². The van der Waals surface area contributed by atoms with Gasteiger partial charge >= 0.3 is 6.18 Å². The smallest absolute Gasteiger partial charge is 0.306 e. The summed E-state index contributed by atoms with van der Waals surface area (Å²) in [5.74, 6) is 0.112. The predicted molar refractivity (Wildman–Crippen MR) is 113 cm³/mol. The molecule has 0 saturated heterocycles. The van der Waals surface area contributed by atoms with E-state index in [4.69, 9.17) is 0 Å². The number of nitro groups is 2. The van der Waals surface area contributed by atoms with Crippen LogP contribution in [0.15, 0.2) is 47.3 Å². The molecule has 3 aromatic rings. The van der Waals surface area contributed by atoms with Crippen molar-refractivity contribution in [2.45, 2.75) is 25.7 Å². The number of halogens is 3. The number of alkyl halides is 3. The normalized spacial score (nSPS) is 14.0. The maximum absolute atomic E-state index is 12.8. The van der Waals surface area contributed by atoms with E-state index < -0.39 is 32.8 Å². The molecular weight excluding hydrogens is 459 g/mol. The lowest BCUT2D eigenvalue weighted by molar-refractivity contribution is -0.394. The molecule has 0 atom stereocenters. The molecule has 1 aliphatic heterocycles. The molecule has 0 amide bonds. The van der Waals surface area contributed by atoms with Gasteiger partial charge in [0.15, 0.2) is 0 Å². The first-order valence-electron chi connectivity index (χ1n) is 9.96. The third kappa shape index (κ3) is 4.64. The molecule has 0 fully saturated rings. The minimum absolute atomic E-state index is 0.0951. The van der Waals surface area contributed by atoms with Gasteiger partial charge in [0.25, 0.3) is 16.9 Å². The van der Waals surface area contributed by atoms with Crippen molar-refractivity contribution >= 4 is 11.4 Å². The molecule has 0 bridgehead atoms. The molecule has 1 N–H and O–H groups in total. The molecule has 0 unspecified atom stereocenters. The van der Waals surface area contributed by atoms with E-state index in [2.05, 4.69) is 9.97 Å². The molecular formula is C21H16F3N5O5. The van der Waals surface area contributed by atoms with Crippen molar-refractivity contribution in [1.82, 2.24) is 14.9 Å². The molecule has 0 radical (unpaired) electrons. The van der Waals surface area contributed by atoms with E-state index in [0.29, 0.717) is 29.8 Å². The molecule has 13 heteroatoms. The Morgan fingerprint density at radius 3 is 2.38 bits per heavy atom. The number of aromatic amines is 1.